The van der Waals surface area contributed by atoms with Crippen molar-refractivity contribution in [1.29, 1.82) is 0 Å². The zero-order valence-corrected chi connectivity index (χ0v) is 18.3. The Labute approximate surface area is 187 Å². The highest BCUT2D eigenvalue weighted by molar-refractivity contribution is 6.01. The minimum absolute atomic E-state index is 0.00438. The number of methoxy groups -OCH3 is 2. The van der Waals surface area contributed by atoms with Gasteiger partial charge in [-0.1, -0.05) is 24.3 Å². The molecule has 0 saturated heterocycles. The van der Waals surface area contributed by atoms with E-state index >= 15 is 0 Å². The van der Waals surface area contributed by atoms with Crippen molar-refractivity contribution in [3.63, 3.8) is 0 Å². The van der Waals surface area contributed by atoms with Gasteiger partial charge in [0.05, 0.1) is 38.1 Å². The molecule has 7 heteroatoms. The summed E-state index contributed by atoms with van der Waals surface area (Å²) >= 11 is 0. The molecule has 2 aromatic carbocycles. The minimum Gasteiger partial charge on any atom is -0.493 e. The van der Waals surface area contributed by atoms with Gasteiger partial charge in [-0.05, 0) is 31.2 Å². The molecular formula is C25H25N3O4. The van der Waals surface area contributed by atoms with Gasteiger partial charge in [0.2, 0.25) is 6.23 Å². The topological polar surface area (TPSA) is 65.4 Å². The van der Waals surface area contributed by atoms with E-state index in [2.05, 4.69) is 11.1 Å². The standard InChI is InChI=1S/C25H25N3O4/c1-4-31-22-12-5-9-17-20-14-19(16-8-7-13-26-15-16)27-28(20)25(32-24(17)22)18-10-6-11-21(29-2)23(18)30-3/h5-13,15,20,25H,4,14H2,1-3H3/t20-,25-/m1/s1. The van der Waals surface area contributed by atoms with E-state index in [0.717, 1.165) is 40.3 Å². The molecule has 32 heavy (non-hydrogen) atoms. The SMILES string of the molecule is CCOc1cccc2c1O[C@H](c1cccc(OC)c1OC)N1N=C(c3cccnc3)C[C@H]21. The normalized spacial score (nSPS) is 18.8. The van der Waals surface area contributed by atoms with Crippen LogP contribution in [0, 0.1) is 0 Å². The first-order chi connectivity index (χ1) is 15.7. The number of ether oxygens (including phenoxy) is 4. The van der Waals surface area contributed by atoms with Gasteiger partial charge in [0.15, 0.2) is 23.0 Å². The summed E-state index contributed by atoms with van der Waals surface area (Å²) in [6.45, 7) is 2.52. The summed E-state index contributed by atoms with van der Waals surface area (Å²) in [6, 6.07) is 15.8. The lowest BCUT2D eigenvalue weighted by Gasteiger charge is -2.39. The van der Waals surface area contributed by atoms with Gasteiger partial charge in [0.1, 0.15) is 0 Å². The average Bonchev–Trinajstić information content (AvgIpc) is 3.30. The van der Waals surface area contributed by atoms with Crippen molar-refractivity contribution in [1.82, 2.24) is 9.99 Å². The van der Waals surface area contributed by atoms with Crippen LogP contribution >= 0.6 is 0 Å². The monoisotopic (exact) mass is 431 g/mol. The fraction of sp³-hybridized carbons (Fsp3) is 0.280. The number of aromatic nitrogens is 1. The maximum Gasteiger partial charge on any atom is 0.217 e. The summed E-state index contributed by atoms with van der Waals surface area (Å²) in [5.74, 6) is 2.74. The van der Waals surface area contributed by atoms with Crippen molar-refractivity contribution >= 4 is 5.71 Å². The molecular weight excluding hydrogens is 406 g/mol. The Kier molecular flexibility index (Phi) is 5.31. The van der Waals surface area contributed by atoms with E-state index in [1.54, 1.807) is 20.4 Å². The van der Waals surface area contributed by atoms with E-state index < -0.39 is 6.23 Å². The summed E-state index contributed by atoms with van der Waals surface area (Å²) in [4.78, 5) is 4.27. The molecule has 0 spiro atoms. The molecule has 0 saturated carbocycles. The van der Waals surface area contributed by atoms with Crippen LogP contribution in [0.1, 0.15) is 42.3 Å². The number of pyridine rings is 1. The number of rotatable bonds is 6. The van der Waals surface area contributed by atoms with Crippen LogP contribution < -0.4 is 18.9 Å². The molecule has 0 bridgehead atoms. The van der Waals surface area contributed by atoms with Crippen molar-refractivity contribution in [3.05, 3.63) is 77.6 Å². The molecule has 5 rings (SSSR count). The van der Waals surface area contributed by atoms with Crippen LogP contribution in [0.2, 0.25) is 0 Å². The van der Waals surface area contributed by atoms with Crippen LogP contribution in [0.4, 0.5) is 0 Å². The number of nitrogens with zero attached hydrogens (tertiary/aromatic N) is 3. The van der Waals surface area contributed by atoms with Crippen molar-refractivity contribution in [2.24, 2.45) is 5.10 Å². The number of hydrazone groups is 1. The molecule has 3 aromatic rings. The van der Waals surface area contributed by atoms with E-state index in [1.807, 2.05) is 60.6 Å². The number of hydrogen-bond donors (Lipinski definition) is 0. The van der Waals surface area contributed by atoms with Crippen molar-refractivity contribution < 1.29 is 18.9 Å². The summed E-state index contributed by atoms with van der Waals surface area (Å²) in [7, 11) is 3.26. The molecule has 3 heterocycles. The molecule has 0 amide bonds. The number of hydrogen-bond acceptors (Lipinski definition) is 7. The highest BCUT2D eigenvalue weighted by Crippen LogP contribution is 2.52. The second-order valence-corrected chi connectivity index (χ2v) is 7.55. The number of para-hydroxylation sites is 2. The zero-order chi connectivity index (χ0) is 22.1. The van der Waals surface area contributed by atoms with Crippen LogP contribution in [0.15, 0.2) is 66.0 Å². The van der Waals surface area contributed by atoms with Gasteiger partial charge in [-0.15, -0.1) is 0 Å². The summed E-state index contributed by atoms with van der Waals surface area (Å²) in [5, 5.41) is 7.00. The molecule has 2 atom stereocenters. The molecule has 0 fully saturated rings. The number of fused-ring (bicyclic) bond motifs is 3. The van der Waals surface area contributed by atoms with E-state index in [9.17, 15) is 0 Å². The van der Waals surface area contributed by atoms with Crippen LogP contribution in [0.5, 0.6) is 23.0 Å². The largest absolute Gasteiger partial charge is 0.493 e. The first kappa shape index (κ1) is 20.2. The lowest BCUT2D eigenvalue weighted by molar-refractivity contribution is -0.0226. The molecule has 2 aliphatic rings. The lowest BCUT2D eigenvalue weighted by atomic mass is 9.96. The van der Waals surface area contributed by atoms with Gasteiger partial charge in [0.25, 0.3) is 0 Å². The first-order valence-corrected chi connectivity index (χ1v) is 10.6. The van der Waals surface area contributed by atoms with Gasteiger partial charge in [-0.2, -0.15) is 5.10 Å². The molecule has 0 unspecified atom stereocenters. The van der Waals surface area contributed by atoms with E-state index in [-0.39, 0.29) is 6.04 Å². The minimum atomic E-state index is -0.506. The van der Waals surface area contributed by atoms with Crippen molar-refractivity contribution in [3.8, 4) is 23.0 Å². The van der Waals surface area contributed by atoms with E-state index in [0.29, 0.717) is 18.1 Å². The number of benzene rings is 2. The highest BCUT2D eigenvalue weighted by Gasteiger charge is 2.43. The van der Waals surface area contributed by atoms with Crippen molar-refractivity contribution in [2.75, 3.05) is 20.8 Å². The van der Waals surface area contributed by atoms with Crippen LogP contribution in [-0.4, -0.2) is 36.5 Å². The van der Waals surface area contributed by atoms with Gasteiger partial charge in [-0.25, -0.2) is 5.01 Å². The molecule has 0 aliphatic carbocycles. The quantitative estimate of drug-likeness (QED) is 0.562. The third kappa shape index (κ3) is 3.30. The van der Waals surface area contributed by atoms with Gasteiger partial charge >= 0.3 is 0 Å². The first-order valence-electron chi connectivity index (χ1n) is 10.6. The van der Waals surface area contributed by atoms with Gasteiger partial charge in [-0.3, -0.25) is 4.98 Å². The van der Waals surface area contributed by atoms with Crippen LogP contribution in [-0.2, 0) is 0 Å². The molecule has 0 N–H and O–H groups in total. The van der Waals surface area contributed by atoms with Crippen molar-refractivity contribution in [2.45, 2.75) is 25.6 Å². The predicted octanol–water partition coefficient (Wildman–Crippen LogP) is 4.74. The van der Waals surface area contributed by atoms with Crippen LogP contribution in [0.25, 0.3) is 0 Å². The second-order valence-electron chi connectivity index (χ2n) is 7.55. The lowest BCUT2D eigenvalue weighted by Crippen LogP contribution is -2.34. The smallest absolute Gasteiger partial charge is 0.217 e. The van der Waals surface area contributed by atoms with E-state index in [4.69, 9.17) is 24.0 Å². The fourth-order valence-corrected chi connectivity index (χ4v) is 4.37. The third-order valence-electron chi connectivity index (χ3n) is 5.77. The zero-order valence-electron chi connectivity index (χ0n) is 18.3. The maximum absolute atomic E-state index is 6.58. The highest BCUT2D eigenvalue weighted by atomic mass is 16.5. The molecule has 164 valence electrons. The average molecular weight is 431 g/mol. The summed E-state index contributed by atoms with van der Waals surface area (Å²) in [5.41, 5.74) is 3.86. The predicted molar refractivity (Wildman–Crippen MR) is 120 cm³/mol. The maximum atomic E-state index is 6.58. The molecule has 7 nitrogen and oxygen atoms in total. The van der Waals surface area contributed by atoms with Gasteiger partial charge in [0, 0.05) is 29.9 Å². The Bertz CT molecular complexity index is 1150. The Balaban J connectivity index is 1.66. The summed E-state index contributed by atoms with van der Waals surface area (Å²) in [6.07, 6.45) is 3.84. The van der Waals surface area contributed by atoms with E-state index in [1.165, 1.54) is 0 Å². The molecule has 2 aliphatic heterocycles. The third-order valence-corrected chi connectivity index (χ3v) is 5.77. The molecule has 0 radical (unpaired) electrons. The molecule has 1 aromatic heterocycles. The fourth-order valence-electron chi connectivity index (χ4n) is 4.37. The Morgan fingerprint density at radius 2 is 1.81 bits per heavy atom. The Hall–Kier alpha value is -3.74. The van der Waals surface area contributed by atoms with Crippen LogP contribution in [0.3, 0.4) is 0 Å². The summed E-state index contributed by atoms with van der Waals surface area (Å²) < 4.78 is 23.7. The Morgan fingerprint density at radius 3 is 2.53 bits per heavy atom. The van der Waals surface area contributed by atoms with Gasteiger partial charge < -0.3 is 18.9 Å². The second kappa shape index (κ2) is 8.42. The Morgan fingerprint density at radius 1 is 1.00 bits per heavy atom.